The largest absolute Gasteiger partial charge is 0.345 e. The molecule has 1 aliphatic heterocycles. The Kier molecular flexibility index (Phi) is 5.81. The molecule has 31 heavy (non-hydrogen) atoms. The molecular formula is C22H27N5O3S. The summed E-state index contributed by atoms with van der Waals surface area (Å²) in [7, 11) is -3.65. The second-order valence-electron chi connectivity index (χ2n) is 8.23. The van der Waals surface area contributed by atoms with Gasteiger partial charge in [0, 0.05) is 24.8 Å². The molecule has 3 aromatic rings. The maximum absolute atomic E-state index is 13.3. The number of nitrogens with zero attached hydrogens (tertiary/aromatic N) is 4. The SMILES string of the molecule is Cc1cc(C(=O)NCc2nnc3ccccn23)cc(S(=O)(=O)N2CCC(C)CC2)c1C. The van der Waals surface area contributed by atoms with E-state index in [1.165, 1.54) is 6.07 Å². The second-order valence-corrected chi connectivity index (χ2v) is 10.1. The normalized spacial score (nSPS) is 16.0. The first-order chi connectivity index (χ1) is 14.8. The van der Waals surface area contributed by atoms with Gasteiger partial charge in [-0.25, -0.2) is 8.42 Å². The van der Waals surface area contributed by atoms with E-state index in [1.54, 1.807) is 21.7 Å². The highest BCUT2D eigenvalue weighted by Gasteiger charge is 2.30. The number of carbonyl (C=O) groups is 1. The second kappa shape index (κ2) is 8.39. The number of carbonyl (C=O) groups excluding carboxylic acids is 1. The molecule has 164 valence electrons. The zero-order chi connectivity index (χ0) is 22.2. The predicted molar refractivity (Wildman–Crippen MR) is 117 cm³/mol. The molecule has 3 heterocycles. The lowest BCUT2D eigenvalue weighted by Crippen LogP contribution is -2.38. The van der Waals surface area contributed by atoms with Gasteiger partial charge in [-0.05, 0) is 68.0 Å². The molecule has 0 atom stereocenters. The maximum atomic E-state index is 13.3. The van der Waals surface area contributed by atoms with Crippen LogP contribution < -0.4 is 5.32 Å². The monoisotopic (exact) mass is 441 g/mol. The molecule has 0 bridgehead atoms. The zero-order valence-corrected chi connectivity index (χ0v) is 18.8. The van der Waals surface area contributed by atoms with Crippen molar-refractivity contribution in [3.8, 4) is 0 Å². The van der Waals surface area contributed by atoms with Gasteiger partial charge in [0.1, 0.15) is 0 Å². The quantitative estimate of drug-likeness (QED) is 0.657. The average Bonchev–Trinajstić information content (AvgIpc) is 3.17. The lowest BCUT2D eigenvalue weighted by molar-refractivity contribution is 0.0949. The van der Waals surface area contributed by atoms with Gasteiger partial charge in [0.25, 0.3) is 5.91 Å². The first-order valence-corrected chi connectivity index (χ1v) is 11.9. The summed E-state index contributed by atoms with van der Waals surface area (Å²) in [6.07, 6.45) is 3.53. The average molecular weight is 442 g/mol. The van der Waals surface area contributed by atoms with E-state index in [0.717, 1.165) is 18.4 Å². The highest BCUT2D eigenvalue weighted by molar-refractivity contribution is 7.89. The smallest absolute Gasteiger partial charge is 0.251 e. The highest BCUT2D eigenvalue weighted by Crippen LogP contribution is 2.28. The molecular weight excluding hydrogens is 414 g/mol. The Hall–Kier alpha value is -2.78. The molecule has 0 radical (unpaired) electrons. The van der Waals surface area contributed by atoms with Crippen LogP contribution in [-0.4, -0.2) is 46.3 Å². The standard InChI is InChI=1S/C22H27N5O3S/c1-15-7-10-26(11-8-15)31(29,30)19-13-18(12-16(2)17(19)3)22(28)23-14-21-25-24-20-6-4-5-9-27(20)21/h4-6,9,12-13,15H,7-8,10-11,14H2,1-3H3,(H,23,28). The third-order valence-corrected chi connectivity index (χ3v) is 8.06. The molecule has 1 amide bonds. The number of hydrogen-bond donors (Lipinski definition) is 1. The Morgan fingerprint density at radius 2 is 1.90 bits per heavy atom. The summed E-state index contributed by atoms with van der Waals surface area (Å²) in [5.74, 6) is 0.780. The molecule has 0 aliphatic carbocycles. The minimum atomic E-state index is -3.65. The van der Waals surface area contributed by atoms with Crippen LogP contribution in [0.15, 0.2) is 41.4 Å². The van der Waals surface area contributed by atoms with E-state index in [-0.39, 0.29) is 17.3 Å². The number of nitrogens with one attached hydrogen (secondary N) is 1. The van der Waals surface area contributed by atoms with E-state index in [4.69, 9.17) is 0 Å². The van der Waals surface area contributed by atoms with E-state index >= 15 is 0 Å². The van der Waals surface area contributed by atoms with Gasteiger partial charge in [0.05, 0.1) is 11.4 Å². The minimum Gasteiger partial charge on any atom is -0.345 e. The maximum Gasteiger partial charge on any atom is 0.251 e. The Morgan fingerprint density at radius 1 is 1.16 bits per heavy atom. The van der Waals surface area contributed by atoms with Crippen LogP contribution in [0.3, 0.4) is 0 Å². The number of benzene rings is 1. The lowest BCUT2D eigenvalue weighted by Gasteiger charge is -2.30. The van der Waals surface area contributed by atoms with Crippen LogP contribution in [0.5, 0.6) is 0 Å². The van der Waals surface area contributed by atoms with Crippen molar-refractivity contribution in [3.63, 3.8) is 0 Å². The van der Waals surface area contributed by atoms with Crippen molar-refractivity contribution in [2.75, 3.05) is 13.1 Å². The van der Waals surface area contributed by atoms with E-state index in [9.17, 15) is 13.2 Å². The van der Waals surface area contributed by atoms with Gasteiger partial charge in [-0.1, -0.05) is 13.0 Å². The fraction of sp³-hybridized carbons (Fsp3) is 0.409. The van der Waals surface area contributed by atoms with Crippen LogP contribution in [0.25, 0.3) is 5.65 Å². The van der Waals surface area contributed by atoms with Gasteiger partial charge in [0.15, 0.2) is 11.5 Å². The van der Waals surface area contributed by atoms with Crippen LogP contribution in [0.2, 0.25) is 0 Å². The van der Waals surface area contributed by atoms with E-state index in [0.29, 0.717) is 41.6 Å². The fourth-order valence-corrected chi connectivity index (χ4v) is 5.66. The van der Waals surface area contributed by atoms with Crippen LogP contribution in [-0.2, 0) is 16.6 Å². The molecule has 4 rings (SSSR count). The molecule has 1 N–H and O–H groups in total. The van der Waals surface area contributed by atoms with Crippen molar-refractivity contribution in [1.29, 1.82) is 0 Å². The van der Waals surface area contributed by atoms with Crippen molar-refractivity contribution < 1.29 is 13.2 Å². The zero-order valence-electron chi connectivity index (χ0n) is 18.0. The van der Waals surface area contributed by atoms with Crippen LogP contribution >= 0.6 is 0 Å². The minimum absolute atomic E-state index is 0.184. The van der Waals surface area contributed by atoms with Crippen molar-refractivity contribution in [2.24, 2.45) is 5.92 Å². The summed E-state index contributed by atoms with van der Waals surface area (Å²) >= 11 is 0. The molecule has 0 spiro atoms. The van der Waals surface area contributed by atoms with Gasteiger partial charge in [-0.15, -0.1) is 10.2 Å². The molecule has 0 unspecified atom stereocenters. The molecule has 1 fully saturated rings. The topological polar surface area (TPSA) is 96.7 Å². The van der Waals surface area contributed by atoms with E-state index < -0.39 is 10.0 Å². The number of hydrogen-bond acceptors (Lipinski definition) is 5. The van der Waals surface area contributed by atoms with E-state index in [1.807, 2.05) is 31.3 Å². The van der Waals surface area contributed by atoms with Crippen LogP contribution in [0.4, 0.5) is 0 Å². The number of aryl methyl sites for hydroxylation is 1. The third kappa shape index (κ3) is 4.20. The van der Waals surface area contributed by atoms with Gasteiger partial charge >= 0.3 is 0 Å². The Balaban J connectivity index is 1.57. The van der Waals surface area contributed by atoms with Crippen molar-refractivity contribution >= 4 is 21.6 Å². The third-order valence-electron chi connectivity index (χ3n) is 6.03. The molecule has 2 aromatic heterocycles. The van der Waals surface area contributed by atoms with Crippen LogP contribution in [0.1, 0.15) is 47.1 Å². The number of sulfonamides is 1. The molecule has 8 nitrogen and oxygen atoms in total. The molecule has 1 aliphatic rings. The van der Waals surface area contributed by atoms with Gasteiger partial charge < -0.3 is 5.32 Å². The van der Waals surface area contributed by atoms with Gasteiger partial charge in [0.2, 0.25) is 10.0 Å². The summed E-state index contributed by atoms with van der Waals surface area (Å²) in [4.78, 5) is 13.1. The van der Waals surface area contributed by atoms with Crippen molar-refractivity contribution in [3.05, 3.63) is 59.0 Å². The summed E-state index contributed by atoms with van der Waals surface area (Å²) in [5, 5.41) is 11.0. The first-order valence-electron chi connectivity index (χ1n) is 10.5. The number of amides is 1. The Morgan fingerprint density at radius 3 is 2.65 bits per heavy atom. The first kappa shape index (κ1) is 21.5. The van der Waals surface area contributed by atoms with Gasteiger partial charge in [-0.3, -0.25) is 9.20 Å². The predicted octanol–water partition coefficient (Wildman–Crippen LogP) is 2.70. The van der Waals surface area contributed by atoms with Crippen molar-refractivity contribution in [1.82, 2.24) is 24.2 Å². The van der Waals surface area contributed by atoms with E-state index in [2.05, 4.69) is 22.4 Å². The fourth-order valence-electron chi connectivity index (χ4n) is 3.86. The summed E-state index contributed by atoms with van der Waals surface area (Å²) in [6.45, 7) is 6.97. The number of aromatic nitrogens is 3. The highest BCUT2D eigenvalue weighted by atomic mass is 32.2. The molecule has 1 aromatic carbocycles. The summed E-state index contributed by atoms with van der Waals surface area (Å²) in [5.41, 5.74) is 2.46. The number of fused-ring (bicyclic) bond motifs is 1. The van der Waals surface area contributed by atoms with Crippen molar-refractivity contribution in [2.45, 2.75) is 45.1 Å². The molecule has 0 saturated carbocycles. The number of piperidine rings is 1. The number of pyridine rings is 1. The Labute approximate surface area is 182 Å². The summed E-state index contributed by atoms with van der Waals surface area (Å²) < 4.78 is 30.0. The molecule has 9 heteroatoms. The van der Waals surface area contributed by atoms with Gasteiger partial charge in [-0.2, -0.15) is 4.31 Å². The number of rotatable bonds is 5. The van der Waals surface area contributed by atoms with Crippen LogP contribution in [0, 0.1) is 19.8 Å². The Bertz CT molecular complexity index is 1230. The lowest BCUT2D eigenvalue weighted by atomic mass is 10.0. The molecule has 1 saturated heterocycles. The summed E-state index contributed by atoms with van der Waals surface area (Å²) in [6, 6.07) is 8.78.